The number of urea groups is 1. The molecule has 94 valence electrons. The maximum Gasteiger partial charge on any atom is 0.326 e. The first-order valence-corrected chi connectivity index (χ1v) is 5.21. The summed E-state index contributed by atoms with van der Waals surface area (Å²) >= 11 is 0. The highest BCUT2D eigenvalue weighted by Crippen LogP contribution is 1.95. The lowest BCUT2D eigenvalue weighted by atomic mass is 10.3. The lowest BCUT2D eigenvalue weighted by Crippen LogP contribution is -2.46. The molecule has 0 saturated carbocycles. The van der Waals surface area contributed by atoms with Crippen molar-refractivity contribution in [2.75, 3.05) is 20.2 Å². The van der Waals surface area contributed by atoms with Gasteiger partial charge in [-0.3, -0.25) is 0 Å². The molecule has 0 heterocycles. The second-order valence-corrected chi connectivity index (χ2v) is 3.78. The maximum atomic E-state index is 11.4. The van der Waals surface area contributed by atoms with Crippen molar-refractivity contribution in [1.82, 2.24) is 10.2 Å². The van der Waals surface area contributed by atoms with Crippen molar-refractivity contribution in [3.05, 3.63) is 0 Å². The molecule has 0 rings (SSSR count). The topological polar surface area (TPSA) is 78.9 Å². The van der Waals surface area contributed by atoms with E-state index in [4.69, 9.17) is 9.84 Å². The molecule has 2 amide bonds. The van der Waals surface area contributed by atoms with E-state index in [0.717, 1.165) is 4.90 Å². The summed E-state index contributed by atoms with van der Waals surface area (Å²) in [5.41, 5.74) is 0. The Bertz CT molecular complexity index is 243. The number of carboxylic acids is 1. The minimum atomic E-state index is -1.03. The van der Waals surface area contributed by atoms with E-state index in [1.807, 2.05) is 13.8 Å². The number of carbonyl (C=O) groups is 2. The van der Waals surface area contributed by atoms with Crippen molar-refractivity contribution in [3.8, 4) is 0 Å². The number of nitrogens with zero attached hydrogens (tertiary/aromatic N) is 1. The summed E-state index contributed by atoms with van der Waals surface area (Å²) in [6.07, 6.45) is 0.118. The number of hydrogen-bond acceptors (Lipinski definition) is 3. The molecule has 0 aliphatic carbocycles. The first-order chi connectivity index (χ1) is 7.36. The minimum Gasteiger partial charge on any atom is -0.480 e. The number of hydrogen-bond donors (Lipinski definition) is 2. The van der Waals surface area contributed by atoms with E-state index in [9.17, 15) is 9.59 Å². The number of aliphatic carboxylic acids is 1. The van der Waals surface area contributed by atoms with Gasteiger partial charge < -0.3 is 20.1 Å². The Labute approximate surface area is 95.6 Å². The van der Waals surface area contributed by atoms with Gasteiger partial charge in [-0.15, -0.1) is 0 Å². The summed E-state index contributed by atoms with van der Waals surface area (Å²) in [4.78, 5) is 23.2. The van der Waals surface area contributed by atoms with Crippen LogP contribution in [-0.2, 0) is 9.53 Å². The normalized spacial score (nSPS) is 12.3. The Morgan fingerprint density at radius 2 is 1.94 bits per heavy atom. The Morgan fingerprint density at radius 3 is 2.38 bits per heavy atom. The van der Waals surface area contributed by atoms with Crippen LogP contribution in [0.4, 0.5) is 4.79 Å². The molecule has 16 heavy (non-hydrogen) atoms. The SMILES string of the molecule is CC(C)OCCNC(=O)N(C)C(C)C(=O)O. The van der Waals surface area contributed by atoms with Crippen molar-refractivity contribution >= 4 is 12.0 Å². The van der Waals surface area contributed by atoms with Crippen LogP contribution in [0.3, 0.4) is 0 Å². The standard InChI is InChI=1S/C10H20N2O4/c1-7(2)16-6-5-11-10(15)12(4)8(3)9(13)14/h7-8H,5-6H2,1-4H3,(H,11,15)(H,13,14). The molecule has 0 saturated heterocycles. The van der Waals surface area contributed by atoms with Gasteiger partial charge in [0, 0.05) is 13.6 Å². The maximum absolute atomic E-state index is 11.4. The highest BCUT2D eigenvalue weighted by Gasteiger charge is 2.20. The summed E-state index contributed by atoms with van der Waals surface area (Å²) in [5.74, 6) is -1.03. The second-order valence-electron chi connectivity index (χ2n) is 3.78. The lowest BCUT2D eigenvalue weighted by Gasteiger charge is -2.21. The summed E-state index contributed by atoms with van der Waals surface area (Å²) in [5, 5.41) is 11.3. The molecule has 0 bridgehead atoms. The second kappa shape index (κ2) is 7.05. The highest BCUT2D eigenvalue weighted by atomic mass is 16.5. The summed E-state index contributed by atoms with van der Waals surface area (Å²) in [6, 6.07) is -1.26. The molecule has 0 fully saturated rings. The monoisotopic (exact) mass is 232 g/mol. The van der Waals surface area contributed by atoms with Gasteiger partial charge in [-0.05, 0) is 20.8 Å². The van der Waals surface area contributed by atoms with Crippen molar-refractivity contribution in [2.24, 2.45) is 0 Å². The van der Waals surface area contributed by atoms with E-state index in [2.05, 4.69) is 5.32 Å². The number of carbonyl (C=O) groups excluding carboxylic acids is 1. The number of rotatable bonds is 6. The summed E-state index contributed by atoms with van der Waals surface area (Å²) in [6.45, 7) is 6.04. The number of ether oxygens (including phenoxy) is 1. The molecule has 0 aromatic carbocycles. The fourth-order valence-corrected chi connectivity index (χ4v) is 0.919. The zero-order chi connectivity index (χ0) is 12.7. The predicted molar refractivity (Wildman–Crippen MR) is 59.3 cm³/mol. The van der Waals surface area contributed by atoms with Gasteiger partial charge >= 0.3 is 12.0 Å². The van der Waals surface area contributed by atoms with Gasteiger partial charge in [0.25, 0.3) is 0 Å². The van der Waals surface area contributed by atoms with E-state index >= 15 is 0 Å². The largest absolute Gasteiger partial charge is 0.480 e. The number of likely N-dealkylation sites (N-methyl/N-ethyl adjacent to an activating group) is 1. The Balaban J connectivity index is 3.84. The lowest BCUT2D eigenvalue weighted by molar-refractivity contribution is -0.141. The molecule has 1 atom stereocenters. The average molecular weight is 232 g/mol. The van der Waals surface area contributed by atoms with E-state index in [0.29, 0.717) is 13.2 Å². The van der Waals surface area contributed by atoms with Crippen molar-refractivity contribution in [1.29, 1.82) is 0 Å². The molecular weight excluding hydrogens is 212 g/mol. The van der Waals surface area contributed by atoms with Gasteiger partial charge in [-0.1, -0.05) is 0 Å². The molecule has 0 aliphatic rings. The number of carboxylic acid groups (broad SMARTS) is 1. The number of amides is 2. The quantitative estimate of drug-likeness (QED) is 0.655. The molecule has 0 spiro atoms. The third-order valence-corrected chi connectivity index (χ3v) is 2.09. The smallest absolute Gasteiger partial charge is 0.326 e. The van der Waals surface area contributed by atoms with Gasteiger partial charge in [0.2, 0.25) is 0 Å². The van der Waals surface area contributed by atoms with E-state index in [1.165, 1.54) is 14.0 Å². The average Bonchev–Trinajstić information content (AvgIpc) is 2.21. The predicted octanol–water partition coefficient (Wildman–Crippen LogP) is 0.526. The molecule has 1 unspecified atom stereocenters. The van der Waals surface area contributed by atoms with Crippen LogP contribution in [0.1, 0.15) is 20.8 Å². The molecule has 6 nitrogen and oxygen atoms in total. The van der Waals surface area contributed by atoms with Crippen molar-refractivity contribution in [2.45, 2.75) is 32.9 Å². The fourth-order valence-electron chi connectivity index (χ4n) is 0.919. The molecule has 2 N–H and O–H groups in total. The Morgan fingerprint density at radius 1 is 1.38 bits per heavy atom. The zero-order valence-electron chi connectivity index (χ0n) is 10.2. The number of nitrogens with one attached hydrogen (secondary N) is 1. The van der Waals surface area contributed by atoms with Crippen LogP contribution in [-0.4, -0.2) is 54.4 Å². The molecule has 0 aromatic rings. The van der Waals surface area contributed by atoms with Gasteiger partial charge in [0.1, 0.15) is 6.04 Å². The first-order valence-electron chi connectivity index (χ1n) is 5.21. The van der Waals surface area contributed by atoms with Gasteiger partial charge in [-0.2, -0.15) is 0 Å². The van der Waals surface area contributed by atoms with Crippen molar-refractivity contribution in [3.63, 3.8) is 0 Å². The van der Waals surface area contributed by atoms with Gasteiger partial charge in [-0.25, -0.2) is 9.59 Å². The van der Waals surface area contributed by atoms with E-state index in [1.54, 1.807) is 0 Å². The van der Waals surface area contributed by atoms with Crippen LogP contribution in [0.25, 0.3) is 0 Å². The van der Waals surface area contributed by atoms with Crippen LogP contribution in [0.5, 0.6) is 0 Å². The van der Waals surface area contributed by atoms with Gasteiger partial charge in [0.05, 0.1) is 12.7 Å². The van der Waals surface area contributed by atoms with Crippen LogP contribution in [0.15, 0.2) is 0 Å². The molecule has 0 aliphatic heterocycles. The third kappa shape index (κ3) is 5.55. The summed E-state index contributed by atoms with van der Waals surface area (Å²) < 4.78 is 5.23. The van der Waals surface area contributed by atoms with E-state index < -0.39 is 18.0 Å². The fraction of sp³-hybridized carbons (Fsp3) is 0.800. The van der Waals surface area contributed by atoms with Crippen molar-refractivity contribution < 1.29 is 19.4 Å². The van der Waals surface area contributed by atoms with E-state index in [-0.39, 0.29) is 6.10 Å². The van der Waals surface area contributed by atoms with Crippen LogP contribution < -0.4 is 5.32 Å². The van der Waals surface area contributed by atoms with Gasteiger partial charge in [0.15, 0.2) is 0 Å². The van der Waals surface area contributed by atoms with Crippen LogP contribution in [0.2, 0.25) is 0 Å². The minimum absolute atomic E-state index is 0.118. The summed E-state index contributed by atoms with van der Waals surface area (Å²) in [7, 11) is 1.44. The molecule has 0 aromatic heterocycles. The highest BCUT2D eigenvalue weighted by molar-refractivity contribution is 5.82. The third-order valence-electron chi connectivity index (χ3n) is 2.09. The Hall–Kier alpha value is -1.30. The van der Waals surface area contributed by atoms with Crippen LogP contribution in [0, 0.1) is 0 Å². The Kier molecular flexibility index (Phi) is 6.48. The molecule has 0 radical (unpaired) electrons. The zero-order valence-corrected chi connectivity index (χ0v) is 10.2. The first kappa shape index (κ1) is 14.7. The molecule has 6 heteroatoms. The van der Waals surface area contributed by atoms with Crippen LogP contribution >= 0.6 is 0 Å². The molecular formula is C10H20N2O4.